The molecule has 0 aromatic heterocycles. The van der Waals surface area contributed by atoms with Gasteiger partial charge in [0, 0.05) is 5.54 Å². The van der Waals surface area contributed by atoms with Crippen LogP contribution in [-0.4, -0.2) is 45.3 Å². The molecule has 1 rings (SSSR count). The van der Waals surface area contributed by atoms with Crippen molar-refractivity contribution in [1.82, 2.24) is 4.90 Å². The molecule has 15 heavy (non-hydrogen) atoms. The second kappa shape index (κ2) is 3.76. The lowest BCUT2D eigenvalue weighted by Crippen LogP contribution is -2.60. The standard InChI is InChI=1S/C11H21NO3/c1-8(9(13)14)12(4)10(2)6-5-7-11(10,3)15/h8,15H,5-7H2,1-4H3,(H,13,14). The Balaban J connectivity index is 2.90. The fourth-order valence-corrected chi connectivity index (χ4v) is 2.46. The van der Waals surface area contributed by atoms with Crippen molar-refractivity contribution in [2.75, 3.05) is 7.05 Å². The van der Waals surface area contributed by atoms with Crippen LogP contribution >= 0.6 is 0 Å². The zero-order valence-corrected chi connectivity index (χ0v) is 9.95. The van der Waals surface area contributed by atoms with E-state index in [1.807, 2.05) is 6.92 Å². The lowest BCUT2D eigenvalue weighted by Gasteiger charge is -2.46. The van der Waals surface area contributed by atoms with Gasteiger partial charge in [0.2, 0.25) is 0 Å². The van der Waals surface area contributed by atoms with E-state index in [1.54, 1.807) is 25.8 Å². The van der Waals surface area contributed by atoms with Crippen LogP contribution in [0.5, 0.6) is 0 Å². The van der Waals surface area contributed by atoms with E-state index in [1.165, 1.54) is 0 Å². The number of carboxylic acids is 1. The number of rotatable bonds is 3. The van der Waals surface area contributed by atoms with Gasteiger partial charge in [0.05, 0.1) is 5.60 Å². The predicted octanol–water partition coefficient (Wildman–Crippen LogP) is 1.08. The van der Waals surface area contributed by atoms with Gasteiger partial charge in [-0.3, -0.25) is 9.69 Å². The van der Waals surface area contributed by atoms with Crippen molar-refractivity contribution in [3.8, 4) is 0 Å². The molecule has 0 aliphatic heterocycles. The van der Waals surface area contributed by atoms with Gasteiger partial charge in [0.15, 0.2) is 0 Å². The summed E-state index contributed by atoms with van der Waals surface area (Å²) in [6, 6.07) is -0.570. The van der Waals surface area contributed by atoms with Gasteiger partial charge in [-0.25, -0.2) is 0 Å². The second-order valence-corrected chi connectivity index (χ2v) is 5.03. The van der Waals surface area contributed by atoms with Crippen LogP contribution in [0.2, 0.25) is 0 Å². The third-order valence-electron chi connectivity index (χ3n) is 4.20. The van der Waals surface area contributed by atoms with Gasteiger partial charge in [-0.1, -0.05) is 0 Å². The Morgan fingerprint density at radius 1 is 1.40 bits per heavy atom. The molecule has 3 atom stereocenters. The Morgan fingerprint density at radius 2 is 1.93 bits per heavy atom. The lowest BCUT2D eigenvalue weighted by atomic mass is 9.83. The summed E-state index contributed by atoms with van der Waals surface area (Å²) < 4.78 is 0. The molecule has 0 heterocycles. The first-order chi connectivity index (χ1) is 6.72. The Morgan fingerprint density at radius 3 is 2.27 bits per heavy atom. The van der Waals surface area contributed by atoms with E-state index in [2.05, 4.69) is 0 Å². The molecule has 4 heteroatoms. The first kappa shape index (κ1) is 12.5. The zero-order valence-electron chi connectivity index (χ0n) is 9.95. The van der Waals surface area contributed by atoms with Crippen LogP contribution in [0, 0.1) is 0 Å². The van der Waals surface area contributed by atoms with Crippen molar-refractivity contribution in [1.29, 1.82) is 0 Å². The van der Waals surface area contributed by atoms with Gasteiger partial charge in [-0.05, 0) is 47.1 Å². The monoisotopic (exact) mass is 215 g/mol. The maximum atomic E-state index is 10.9. The molecule has 0 amide bonds. The van der Waals surface area contributed by atoms with Crippen LogP contribution in [0.3, 0.4) is 0 Å². The minimum absolute atomic E-state index is 0.440. The molecule has 0 aromatic rings. The third-order valence-corrected chi connectivity index (χ3v) is 4.20. The van der Waals surface area contributed by atoms with Crippen LogP contribution in [0.15, 0.2) is 0 Å². The van der Waals surface area contributed by atoms with Gasteiger partial charge in [-0.2, -0.15) is 0 Å². The van der Waals surface area contributed by atoms with Crippen molar-refractivity contribution >= 4 is 5.97 Å². The molecule has 88 valence electrons. The molecule has 1 saturated carbocycles. The minimum Gasteiger partial charge on any atom is -0.480 e. The van der Waals surface area contributed by atoms with E-state index in [0.29, 0.717) is 0 Å². The molecule has 3 unspecified atom stereocenters. The van der Waals surface area contributed by atoms with E-state index < -0.39 is 23.2 Å². The topological polar surface area (TPSA) is 60.8 Å². The molecule has 0 saturated heterocycles. The van der Waals surface area contributed by atoms with Crippen LogP contribution in [0.1, 0.15) is 40.0 Å². The molecule has 1 fully saturated rings. The highest BCUT2D eigenvalue weighted by molar-refractivity contribution is 5.73. The van der Waals surface area contributed by atoms with Crippen molar-refractivity contribution in [2.24, 2.45) is 0 Å². The first-order valence-corrected chi connectivity index (χ1v) is 5.40. The quantitative estimate of drug-likeness (QED) is 0.739. The number of hydrogen-bond acceptors (Lipinski definition) is 3. The molecular weight excluding hydrogens is 194 g/mol. The molecule has 0 spiro atoms. The number of likely N-dealkylation sites (N-methyl/N-ethyl adjacent to an activating group) is 1. The van der Waals surface area contributed by atoms with Gasteiger partial charge in [0.25, 0.3) is 0 Å². The summed E-state index contributed by atoms with van der Waals surface area (Å²) in [6.07, 6.45) is 2.52. The predicted molar refractivity (Wildman–Crippen MR) is 57.7 cm³/mol. The number of hydrogen-bond donors (Lipinski definition) is 2. The van der Waals surface area contributed by atoms with E-state index >= 15 is 0 Å². The summed E-state index contributed by atoms with van der Waals surface area (Å²) in [7, 11) is 1.78. The fourth-order valence-electron chi connectivity index (χ4n) is 2.46. The van der Waals surface area contributed by atoms with E-state index in [-0.39, 0.29) is 0 Å². The smallest absolute Gasteiger partial charge is 0.320 e. The summed E-state index contributed by atoms with van der Waals surface area (Å²) >= 11 is 0. The number of nitrogens with zero attached hydrogens (tertiary/aromatic N) is 1. The van der Waals surface area contributed by atoms with Gasteiger partial charge < -0.3 is 10.2 Å². The SMILES string of the molecule is CC(C(=O)O)N(C)C1(C)CCCC1(C)O. The lowest BCUT2D eigenvalue weighted by molar-refractivity contribution is -0.148. The van der Waals surface area contributed by atoms with Gasteiger partial charge in [-0.15, -0.1) is 0 Å². The van der Waals surface area contributed by atoms with Crippen LogP contribution in [-0.2, 0) is 4.79 Å². The number of aliphatic carboxylic acids is 1. The Hall–Kier alpha value is -0.610. The van der Waals surface area contributed by atoms with Crippen molar-refractivity contribution in [3.63, 3.8) is 0 Å². The van der Waals surface area contributed by atoms with E-state index in [4.69, 9.17) is 5.11 Å². The summed E-state index contributed by atoms with van der Waals surface area (Å²) in [5.74, 6) is -0.846. The van der Waals surface area contributed by atoms with Crippen molar-refractivity contribution in [2.45, 2.75) is 57.2 Å². The number of carboxylic acid groups (broad SMARTS) is 1. The molecule has 0 aromatic carbocycles. The van der Waals surface area contributed by atoms with Crippen LogP contribution < -0.4 is 0 Å². The molecule has 1 aliphatic carbocycles. The highest BCUT2D eigenvalue weighted by Crippen LogP contribution is 2.43. The maximum absolute atomic E-state index is 10.9. The van der Waals surface area contributed by atoms with Crippen molar-refractivity contribution < 1.29 is 15.0 Å². The molecule has 1 aliphatic rings. The largest absolute Gasteiger partial charge is 0.480 e. The third kappa shape index (κ3) is 1.88. The minimum atomic E-state index is -0.846. The van der Waals surface area contributed by atoms with Crippen molar-refractivity contribution in [3.05, 3.63) is 0 Å². The van der Waals surface area contributed by atoms with Gasteiger partial charge >= 0.3 is 5.97 Å². The van der Waals surface area contributed by atoms with Crippen LogP contribution in [0.4, 0.5) is 0 Å². The Kier molecular flexibility index (Phi) is 3.12. The molecule has 0 bridgehead atoms. The van der Waals surface area contributed by atoms with Crippen LogP contribution in [0.25, 0.3) is 0 Å². The highest BCUT2D eigenvalue weighted by atomic mass is 16.4. The van der Waals surface area contributed by atoms with E-state index in [9.17, 15) is 9.90 Å². The molecule has 4 nitrogen and oxygen atoms in total. The summed E-state index contributed by atoms with van der Waals surface area (Å²) in [6.45, 7) is 5.40. The summed E-state index contributed by atoms with van der Waals surface area (Å²) in [5.41, 5.74) is -1.24. The second-order valence-electron chi connectivity index (χ2n) is 5.03. The highest BCUT2D eigenvalue weighted by Gasteiger charge is 2.51. The number of carbonyl (C=O) groups is 1. The molecule has 0 radical (unpaired) electrons. The molecular formula is C11H21NO3. The van der Waals surface area contributed by atoms with Gasteiger partial charge in [0.1, 0.15) is 6.04 Å². The zero-order chi connectivity index (χ0) is 11.9. The normalized spacial score (nSPS) is 38.3. The van der Waals surface area contributed by atoms with E-state index in [0.717, 1.165) is 19.3 Å². The summed E-state index contributed by atoms with van der Waals surface area (Å²) in [4.78, 5) is 12.7. The molecule has 2 N–H and O–H groups in total. The Bertz CT molecular complexity index is 265. The fraction of sp³-hybridized carbons (Fsp3) is 0.909. The summed E-state index contributed by atoms with van der Waals surface area (Å²) in [5, 5.41) is 19.3. The maximum Gasteiger partial charge on any atom is 0.320 e. The average molecular weight is 215 g/mol. The Labute approximate surface area is 90.9 Å². The average Bonchev–Trinajstić information content (AvgIpc) is 2.40. The first-order valence-electron chi connectivity index (χ1n) is 5.40. The number of aliphatic hydroxyl groups is 1.